The van der Waals surface area contributed by atoms with Crippen LogP contribution in [0.2, 0.25) is 0 Å². The number of carbonyl (C=O) groups excluding carboxylic acids is 3. The summed E-state index contributed by atoms with van der Waals surface area (Å²) < 4.78 is 28.3. The Bertz CT molecular complexity index is 1460. The maximum Gasteiger partial charge on any atom is 0.262 e. The van der Waals surface area contributed by atoms with Crippen molar-refractivity contribution in [1.29, 1.82) is 0 Å². The summed E-state index contributed by atoms with van der Waals surface area (Å²) in [7, 11) is -3.60. The van der Waals surface area contributed by atoms with Gasteiger partial charge in [-0.2, -0.15) is 4.31 Å². The molecule has 3 heterocycles. The van der Waals surface area contributed by atoms with E-state index in [1.807, 2.05) is 13.8 Å². The fourth-order valence-corrected chi connectivity index (χ4v) is 7.39. The van der Waals surface area contributed by atoms with Crippen LogP contribution < -0.4 is 5.32 Å². The number of benzene rings is 2. The predicted octanol–water partition coefficient (Wildman–Crippen LogP) is 4.12. The molecule has 11 heteroatoms. The predicted molar refractivity (Wildman–Crippen MR) is 141 cm³/mol. The lowest BCUT2D eigenvalue weighted by atomic mass is 9.96. The fraction of sp³-hybridized carbons (Fsp3) is 0.385. The molecule has 0 bridgehead atoms. The first-order valence-corrected chi connectivity index (χ1v) is 14.7. The number of carbonyl (C=O) groups is 3. The number of hydrogen-bond donors (Lipinski definition) is 1. The minimum Gasteiger partial charge on any atom is -0.300 e. The van der Waals surface area contributed by atoms with E-state index in [0.29, 0.717) is 29.7 Å². The Labute approximate surface area is 219 Å². The SMILES string of the molecule is CCC(C)C(C(=O)Nc1nc2ccc(S(=O)(=O)N3CCCCC3)cc2s1)N1C(=O)c2ccccc2C1=O. The molecule has 3 aromatic rings. The number of nitrogens with one attached hydrogen (secondary N) is 1. The second-order valence-electron chi connectivity index (χ2n) is 9.46. The van der Waals surface area contributed by atoms with E-state index in [1.165, 1.54) is 4.31 Å². The van der Waals surface area contributed by atoms with E-state index in [2.05, 4.69) is 10.3 Å². The maximum atomic E-state index is 13.5. The van der Waals surface area contributed by atoms with Gasteiger partial charge in [-0.3, -0.25) is 19.3 Å². The molecule has 194 valence electrons. The van der Waals surface area contributed by atoms with Crippen LogP contribution in [-0.2, 0) is 14.8 Å². The summed E-state index contributed by atoms with van der Waals surface area (Å²) in [6.07, 6.45) is 3.30. The monoisotopic (exact) mass is 540 g/mol. The van der Waals surface area contributed by atoms with Gasteiger partial charge in [0.05, 0.1) is 26.2 Å². The number of aromatic nitrogens is 1. The molecule has 2 aliphatic rings. The van der Waals surface area contributed by atoms with E-state index >= 15 is 0 Å². The summed E-state index contributed by atoms with van der Waals surface area (Å²) >= 11 is 1.16. The van der Waals surface area contributed by atoms with Gasteiger partial charge in [-0.15, -0.1) is 0 Å². The summed E-state index contributed by atoms with van der Waals surface area (Å²) in [4.78, 5) is 45.3. The molecule has 1 fully saturated rings. The number of sulfonamides is 1. The van der Waals surface area contributed by atoms with Crippen molar-refractivity contribution in [2.45, 2.75) is 50.5 Å². The Hall–Kier alpha value is -3.15. The normalized spacial score (nSPS) is 18.2. The number of imide groups is 1. The van der Waals surface area contributed by atoms with E-state index < -0.39 is 33.8 Å². The number of fused-ring (bicyclic) bond motifs is 2. The molecular formula is C26H28N4O5S2. The summed E-state index contributed by atoms with van der Waals surface area (Å²) in [6.45, 7) is 4.74. The van der Waals surface area contributed by atoms with Crippen LogP contribution in [-0.4, -0.2) is 59.5 Å². The minimum absolute atomic E-state index is 0.201. The summed E-state index contributed by atoms with van der Waals surface area (Å²) in [5.41, 5.74) is 1.13. The third-order valence-corrected chi connectivity index (χ3v) is 9.93. The van der Waals surface area contributed by atoms with Crippen LogP contribution in [0.4, 0.5) is 5.13 Å². The second kappa shape index (κ2) is 9.96. The van der Waals surface area contributed by atoms with Crippen LogP contribution >= 0.6 is 11.3 Å². The third kappa shape index (κ3) is 4.55. The number of anilines is 1. The van der Waals surface area contributed by atoms with Gasteiger partial charge in [-0.05, 0) is 49.1 Å². The highest BCUT2D eigenvalue weighted by atomic mass is 32.2. The van der Waals surface area contributed by atoms with Gasteiger partial charge in [0.2, 0.25) is 15.9 Å². The maximum absolute atomic E-state index is 13.5. The van der Waals surface area contributed by atoms with Crippen molar-refractivity contribution in [3.05, 3.63) is 53.6 Å². The Kier molecular flexibility index (Phi) is 6.86. The molecule has 3 amide bonds. The van der Waals surface area contributed by atoms with Crippen LogP contribution in [0.25, 0.3) is 10.2 Å². The molecule has 2 aromatic carbocycles. The van der Waals surface area contributed by atoms with E-state index in [9.17, 15) is 22.8 Å². The Morgan fingerprint density at radius 2 is 1.70 bits per heavy atom. The molecule has 1 aromatic heterocycles. The summed E-state index contributed by atoms with van der Waals surface area (Å²) in [5.74, 6) is -1.78. The zero-order valence-corrected chi connectivity index (χ0v) is 22.3. The summed E-state index contributed by atoms with van der Waals surface area (Å²) in [5, 5.41) is 3.05. The lowest BCUT2D eigenvalue weighted by Gasteiger charge is -2.29. The molecule has 0 saturated carbocycles. The van der Waals surface area contributed by atoms with Crippen molar-refractivity contribution in [2.24, 2.45) is 5.92 Å². The van der Waals surface area contributed by atoms with Gasteiger partial charge in [0.25, 0.3) is 11.8 Å². The number of amides is 3. The van der Waals surface area contributed by atoms with Crippen LogP contribution in [0.3, 0.4) is 0 Å². The molecular weight excluding hydrogens is 512 g/mol. The number of nitrogens with zero attached hydrogens (tertiary/aromatic N) is 3. The van der Waals surface area contributed by atoms with E-state index in [4.69, 9.17) is 0 Å². The van der Waals surface area contributed by atoms with Gasteiger partial charge in [-0.1, -0.05) is 50.2 Å². The van der Waals surface area contributed by atoms with Crippen molar-refractivity contribution in [1.82, 2.24) is 14.2 Å². The van der Waals surface area contributed by atoms with Crippen LogP contribution in [0.5, 0.6) is 0 Å². The quantitative estimate of drug-likeness (QED) is 0.451. The Balaban J connectivity index is 1.41. The fourth-order valence-electron chi connectivity index (χ4n) is 4.87. The average Bonchev–Trinajstić information content (AvgIpc) is 3.42. The molecule has 1 N–H and O–H groups in total. The topological polar surface area (TPSA) is 117 Å². The Morgan fingerprint density at radius 1 is 1.05 bits per heavy atom. The molecule has 0 radical (unpaired) electrons. The molecule has 1 saturated heterocycles. The second-order valence-corrected chi connectivity index (χ2v) is 12.4. The zero-order valence-electron chi connectivity index (χ0n) is 20.6. The number of rotatable bonds is 7. The van der Waals surface area contributed by atoms with Gasteiger partial charge >= 0.3 is 0 Å². The molecule has 2 aliphatic heterocycles. The standard InChI is InChI=1S/C26H28N4O5S2/c1-3-16(2)22(30-24(32)18-9-5-6-10-19(18)25(30)33)23(31)28-26-27-20-12-11-17(15-21(20)36-26)37(34,35)29-13-7-4-8-14-29/h5-6,9-12,15-16,22H,3-4,7-8,13-14H2,1-2H3,(H,27,28,31). The molecule has 9 nitrogen and oxygen atoms in total. The van der Waals surface area contributed by atoms with Crippen molar-refractivity contribution in [3.8, 4) is 0 Å². The first-order chi connectivity index (χ1) is 17.7. The highest BCUT2D eigenvalue weighted by Gasteiger charge is 2.44. The Morgan fingerprint density at radius 3 is 2.32 bits per heavy atom. The lowest BCUT2D eigenvalue weighted by Crippen LogP contribution is -2.50. The molecule has 2 unspecified atom stereocenters. The van der Waals surface area contributed by atoms with Crippen molar-refractivity contribution in [2.75, 3.05) is 18.4 Å². The van der Waals surface area contributed by atoms with Gasteiger partial charge in [0.1, 0.15) is 6.04 Å². The van der Waals surface area contributed by atoms with Crippen LogP contribution in [0.1, 0.15) is 60.2 Å². The lowest BCUT2D eigenvalue weighted by molar-refractivity contribution is -0.121. The van der Waals surface area contributed by atoms with Gasteiger partial charge in [0.15, 0.2) is 5.13 Å². The first-order valence-electron chi connectivity index (χ1n) is 12.4. The minimum atomic E-state index is -3.60. The van der Waals surface area contributed by atoms with Crippen molar-refractivity contribution in [3.63, 3.8) is 0 Å². The number of thiazole rings is 1. The average molecular weight is 541 g/mol. The molecule has 0 aliphatic carbocycles. The van der Waals surface area contributed by atoms with E-state index in [-0.39, 0.29) is 27.1 Å². The van der Waals surface area contributed by atoms with Crippen LogP contribution in [0, 0.1) is 5.92 Å². The highest BCUT2D eigenvalue weighted by molar-refractivity contribution is 7.89. The van der Waals surface area contributed by atoms with E-state index in [1.54, 1.807) is 42.5 Å². The first kappa shape index (κ1) is 25.5. The summed E-state index contributed by atoms with van der Waals surface area (Å²) in [6, 6.07) is 10.3. The van der Waals surface area contributed by atoms with Crippen LogP contribution in [0.15, 0.2) is 47.4 Å². The van der Waals surface area contributed by atoms with Crippen molar-refractivity contribution >= 4 is 54.4 Å². The van der Waals surface area contributed by atoms with Gasteiger partial charge in [0, 0.05) is 13.1 Å². The molecule has 37 heavy (non-hydrogen) atoms. The van der Waals surface area contributed by atoms with E-state index in [0.717, 1.165) is 35.5 Å². The highest BCUT2D eigenvalue weighted by Crippen LogP contribution is 2.32. The largest absolute Gasteiger partial charge is 0.300 e. The number of piperidine rings is 1. The zero-order chi connectivity index (χ0) is 26.3. The molecule has 5 rings (SSSR count). The molecule has 0 spiro atoms. The molecule has 2 atom stereocenters. The third-order valence-electron chi connectivity index (χ3n) is 7.10. The number of hydrogen-bond acceptors (Lipinski definition) is 7. The van der Waals surface area contributed by atoms with Gasteiger partial charge in [-0.25, -0.2) is 13.4 Å². The van der Waals surface area contributed by atoms with Gasteiger partial charge < -0.3 is 5.32 Å². The van der Waals surface area contributed by atoms with Crippen molar-refractivity contribution < 1.29 is 22.8 Å². The smallest absolute Gasteiger partial charge is 0.262 e.